The molecule has 4 unspecified atom stereocenters. The summed E-state index contributed by atoms with van der Waals surface area (Å²) < 4.78 is 0. The van der Waals surface area contributed by atoms with Gasteiger partial charge in [-0.15, -0.1) is 24.0 Å². The normalized spacial score (nSPS) is 23.0. The largest absolute Gasteiger partial charge is 0.748 e. The maximum absolute atomic E-state index is 3.88. The second-order valence-electron chi connectivity index (χ2n) is 11.9. The molecule has 2 aromatic carbocycles. The van der Waals surface area contributed by atoms with Crippen LogP contribution < -0.4 is 21.3 Å². The van der Waals surface area contributed by atoms with Crippen molar-refractivity contribution in [3.63, 3.8) is 0 Å². The van der Waals surface area contributed by atoms with Crippen LogP contribution in [0.1, 0.15) is 63.8 Å². The van der Waals surface area contributed by atoms with E-state index in [1.165, 1.54) is 11.1 Å². The minimum absolute atomic E-state index is 0. The molecule has 0 radical (unpaired) electrons. The maximum atomic E-state index is 3.88. The van der Waals surface area contributed by atoms with Gasteiger partial charge in [0.25, 0.3) is 0 Å². The van der Waals surface area contributed by atoms with Crippen molar-refractivity contribution in [2.24, 2.45) is 0 Å². The first-order valence-electron chi connectivity index (χ1n) is 12.9. The monoisotopic (exact) mass is 558 g/mol. The van der Waals surface area contributed by atoms with Gasteiger partial charge >= 0.3 is 0 Å². The van der Waals surface area contributed by atoms with Crippen LogP contribution in [0.5, 0.6) is 0 Å². The Morgan fingerprint density at radius 2 is 1.31 bits per heavy atom. The molecule has 0 spiro atoms. The van der Waals surface area contributed by atoms with Crippen LogP contribution in [-0.2, 0) is 39.2 Å². The molecule has 0 amide bonds. The molecule has 2 fully saturated rings. The van der Waals surface area contributed by atoms with Crippen molar-refractivity contribution in [2.45, 2.75) is 75.8 Å². The predicted molar refractivity (Wildman–Crippen MR) is 156 cm³/mol. The minimum Gasteiger partial charge on any atom is -0.748 e. The molecule has 2 aliphatic rings. The van der Waals surface area contributed by atoms with E-state index in [0.29, 0.717) is 12.1 Å². The second kappa shape index (κ2) is 13.1. The molecule has 35 heavy (non-hydrogen) atoms. The Kier molecular flexibility index (Phi) is 11.7. The molecule has 7 heteroatoms. The van der Waals surface area contributed by atoms with Gasteiger partial charge in [-0.05, 0) is 10.6 Å². The van der Waals surface area contributed by atoms with Crippen LogP contribution in [0.25, 0.3) is 0 Å². The summed E-state index contributed by atoms with van der Waals surface area (Å²) in [6.45, 7) is 20.4. The Balaban J connectivity index is 0.000000640. The van der Waals surface area contributed by atoms with E-state index in [1.807, 2.05) is 30.3 Å². The Bertz CT molecular complexity index is 833. The van der Waals surface area contributed by atoms with Gasteiger partial charge in [0, 0.05) is 68.4 Å². The van der Waals surface area contributed by atoms with Crippen LogP contribution in [0, 0.1) is 0 Å². The van der Waals surface area contributed by atoms with Gasteiger partial charge in [-0.25, -0.2) is 0 Å². The maximum Gasteiger partial charge on any atom is 0.0225 e. The summed E-state index contributed by atoms with van der Waals surface area (Å²) in [6.07, 6.45) is 0.991. The van der Waals surface area contributed by atoms with Gasteiger partial charge < -0.3 is 51.6 Å². The fraction of sp³-hybridized carbons (Fsp3) is 0.643. The second-order valence-corrected chi connectivity index (χ2v) is 13.2. The molecule has 2 saturated heterocycles. The molecule has 2 aliphatic heterocycles. The third-order valence-corrected chi connectivity index (χ3v) is 8.69. The van der Waals surface area contributed by atoms with Crippen molar-refractivity contribution >= 4 is 18.5 Å². The summed E-state index contributed by atoms with van der Waals surface area (Å²) in [5, 5.41) is 15.0. The number of hydrogen-bond donors (Lipinski definition) is 4. The van der Waals surface area contributed by atoms with Crippen LogP contribution in [0.4, 0.5) is 0 Å². The smallest absolute Gasteiger partial charge is 0.0225 e. The van der Waals surface area contributed by atoms with Crippen LogP contribution in [0.3, 0.4) is 0 Å². The third-order valence-electron chi connectivity index (χ3n) is 7.16. The fourth-order valence-electron chi connectivity index (χ4n) is 5.53. The quantitative estimate of drug-likeness (QED) is 0.261. The van der Waals surface area contributed by atoms with Crippen molar-refractivity contribution in [3.05, 3.63) is 58.7 Å². The van der Waals surface area contributed by atoms with E-state index in [9.17, 15) is 0 Å². The average Bonchev–Trinajstić information content (AvgIpc) is 3.51. The number of rotatable bonds is 4. The zero-order valence-corrected chi connectivity index (χ0v) is 26.0. The summed E-state index contributed by atoms with van der Waals surface area (Å²) in [7, 11) is 6.36. The fourth-order valence-corrected chi connectivity index (χ4v) is 6.66. The molecule has 4 N–H and O–H groups in total. The summed E-state index contributed by atoms with van der Waals surface area (Å²) in [6, 6.07) is 13.2. The van der Waals surface area contributed by atoms with Crippen LogP contribution in [-0.4, -0.2) is 51.4 Å². The van der Waals surface area contributed by atoms with Crippen molar-refractivity contribution in [2.75, 3.05) is 39.3 Å². The summed E-state index contributed by atoms with van der Waals surface area (Å²) in [4.78, 5) is 0. The topological polar surface area (TPSA) is 48.1 Å². The molecule has 0 aliphatic carbocycles. The summed E-state index contributed by atoms with van der Waals surface area (Å²) in [5.74, 6) is 0. The summed E-state index contributed by atoms with van der Waals surface area (Å²) >= 11 is 0. The van der Waals surface area contributed by atoms with Crippen LogP contribution in [0.2, 0.25) is 0 Å². The van der Waals surface area contributed by atoms with Crippen molar-refractivity contribution < 1.29 is 17.1 Å². The van der Waals surface area contributed by atoms with Gasteiger partial charge in [0.2, 0.25) is 0 Å². The molecular weight excluding hydrogens is 510 g/mol. The van der Waals surface area contributed by atoms with E-state index >= 15 is 0 Å². The van der Waals surface area contributed by atoms with Gasteiger partial charge in [0.15, 0.2) is 0 Å². The van der Waals surface area contributed by atoms with Crippen LogP contribution >= 0.6 is 18.5 Å². The summed E-state index contributed by atoms with van der Waals surface area (Å²) in [5.41, 5.74) is 6.31. The van der Waals surface area contributed by atoms with Gasteiger partial charge in [-0.1, -0.05) is 53.1 Å². The van der Waals surface area contributed by atoms with E-state index in [1.54, 1.807) is 11.1 Å². The first-order chi connectivity index (χ1) is 16.0. The first-order valence-corrected chi connectivity index (χ1v) is 14.3. The zero-order chi connectivity index (χ0) is 25.0. The van der Waals surface area contributed by atoms with E-state index in [4.69, 9.17) is 0 Å². The third kappa shape index (κ3) is 7.28. The Morgan fingerprint density at radius 3 is 1.63 bits per heavy atom. The van der Waals surface area contributed by atoms with Crippen molar-refractivity contribution in [3.8, 4) is 0 Å². The molecule has 204 valence electrons. The molecular formula is C28H48FeN4P2-6. The molecule has 2 heterocycles. The first kappa shape index (κ1) is 31.1. The van der Waals surface area contributed by atoms with Gasteiger partial charge in [-0.3, -0.25) is 0 Å². The molecule has 0 saturated carbocycles. The molecule has 0 bridgehead atoms. The van der Waals surface area contributed by atoms with Crippen LogP contribution in [0.15, 0.2) is 36.4 Å². The SMILES string of the molecule is CC(C)(C)c1c(C(P)(C2CNCCN2)C2CNCCN2)c(CP)c[c-]1C(C)(C)C.[Fe].[cH-]1[cH-][cH-][cH-][cH-]1. The van der Waals surface area contributed by atoms with E-state index in [2.05, 4.69) is 87.4 Å². The number of hydrogen-bond acceptors (Lipinski definition) is 4. The van der Waals surface area contributed by atoms with Gasteiger partial charge in [0.1, 0.15) is 0 Å². The van der Waals surface area contributed by atoms with E-state index in [0.717, 1.165) is 45.4 Å². The number of nitrogens with one attached hydrogen (secondary N) is 4. The molecule has 4 rings (SSSR count). The Hall–Kier alpha value is -0.0805. The van der Waals surface area contributed by atoms with E-state index in [-0.39, 0.29) is 33.1 Å². The Morgan fingerprint density at radius 1 is 0.857 bits per heavy atom. The molecule has 4 atom stereocenters. The van der Waals surface area contributed by atoms with Crippen molar-refractivity contribution in [1.29, 1.82) is 0 Å². The number of piperazine rings is 2. The zero-order valence-electron chi connectivity index (χ0n) is 22.6. The molecule has 4 nitrogen and oxygen atoms in total. The molecule has 0 aromatic heterocycles. The van der Waals surface area contributed by atoms with E-state index < -0.39 is 0 Å². The van der Waals surface area contributed by atoms with Gasteiger partial charge in [-0.2, -0.15) is 22.8 Å². The minimum atomic E-state index is -0.0845. The van der Waals surface area contributed by atoms with Gasteiger partial charge in [0.05, 0.1) is 0 Å². The molecule has 2 aromatic rings. The Labute approximate surface area is 229 Å². The van der Waals surface area contributed by atoms with Crippen molar-refractivity contribution in [1.82, 2.24) is 21.3 Å². The average molecular weight is 559 g/mol. The standard InChI is InChI=1S/C23H43N4P2.C5H5.Fe/c1-21(2,3)16-11-15(14-28)19(20(16)22(4,5)6)23(29,17-12-24-7-9-26-17)18-13-25-8-10-27-18;1-2-4-5-3-1;/h11,17-18,24-27H,7-10,12-14,28-29H2,1-6H3;1-5H;/q-1;-5;. The predicted octanol–water partition coefficient (Wildman–Crippen LogP) is 3.97.